The number of aliphatic hydroxyl groups is 1. The molecule has 242 valence electrons. The minimum Gasteiger partial charge on any atom is -0.497 e. The lowest BCUT2D eigenvalue weighted by molar-refractivity contribution is -0.274. The number of benzene rings is 3. The summed E-state index contributed by atoms with van der Waals surface area (Å²) in [6, 6.07) is 13.0. The maximum Gasteiger partial charge on any atom is 0.573 e. The van der Waals surface area contributed by atoms with Gasteiger partial charge in [-0.25, -0.2) is 0 Å². The summed E-state index contributed by atoms with van der Waals surface area (Å²) in [5.41, 5.74) is 2.22. The molecule has 1 amide bonds. The highest BCUT2D eigenvalue weighted by Crippen LogP contribution is 2.38. The molecule has 0 spiro atoms. The van der Waals surface area contributed by atoms with Gasteiger partial charge in [-0.05, 0) is 63.1 Å². The third-order valence-corrected chi connectivity index (χ3v) is 7.32. The van der Waals surface area contributed by atoms with Crippen LogP contribution in [-0.4, -0.2) is 56.1 Å². The fourth-order valence-corrected chi connectivity index (χ4v) is 4.97. The first-order valence-electron chi connectivity index (χ1n) is 14.1. The van der Waals surface area contributed by atoms with E-state index in [0.29, 0.717) is 63.1 Å². The number of oxime groups is 1. The number of nitrogens with one attached hydrogen (secondary N) is 1. The second-order valence-corrected chi connectivity index (χ2v) is 11.5. The fraction of sp³-hybridized carbons (Fsp3) is 0.375. The van der Waals surface area contributed by atoms with Crippen LogP contribution in [0.3, 0.4) is 0 Å². The molecule has 0 aliphatic carbocycles. The summed E-state index contributed by atoms with van der Waals surface area (Å²) < 4.78 is 54.1. The van der Waals surface area contributed by atoms with Gasteiger partial charge in [0.2, 0.25) is 0 Å². The van der Waals surface area contributed by atoms with Gasteiger partial charge in [0.05, 0.1) is 31.2 Å². The van der Waals surface area contributed by atoms with E-state index in [1.807, 2.05) is 0 Å². The minimum absolute atomic E-state index is 0.204. The van der Waals surface area contributed by atoms with E-state index in [9.17, 15) is 23.1 Å². The minimum atomic E-state index is -4.88. The largest absolute Gasteiger partial charge is 0.573 e. The molecule has 3 aromatic rings. The number of methoxy groups -OCH3 is 2. The molecule has 45 heavy (non-hydrogen) atoms. The number of ether oxygens (including phenoxy) is 3. The molecule has 0 bridgehead atoms. The Balaban J connectivity index is 1.71. The topological polar surface area (TPSA) is 102 Å². The van der Waals surface area contributed by atoms with Crippen molar-refractivity contribution in [2.24, 2.45) is 5.16 Å². The number of fused-ring (bicyclic) bond motifs is 1. The van der Waals surface area contributed by atoms with Crippen molar-refractivity contribution in [3.8, 4) is 17.2 Å². The van der Waals surface area contributed by atoms with Crippen LogP contribution in [0.2, 0.25) is 5.02 Å². The van der Waals surface area contributed by atoms with Crippen molar-refractivity contribution in [2.75, 3.05) is 37.6 Å². The number of anilines is 2. The molecular formula is C32H35ClF3N3O6. The number of carbonyl (C=O) groups is 1. The first kappa shape index (κ1) is 33.7. The van der Waals surface area contributed by atoms with Gasteiger partial charge in [-0.2, -0.15) is 0 Å². The van der Waals surface area contributed by atoms with Crippen LogP contribution in [0.5, 0.6) is 17.2 Å². The summed E-state index contributed by atoms with van der Waals surface area (Å²) in [6.07, 6.45) is -4.05. The number of carbonyl (C=O) groups excluding carboxylic acids is 1. The lowest BCUT2D eigenvalue weighted by atomic mass is 10.0. The maximum atomic E-state index is 14.3. The second-order valence-electron chi connectivity index (χ2n) is 11.1. The van der Waals surface area contributed by atoms with Crippen LogP contribution in [0.1, 0.15) is 49.9 Å². The zero-order chi connectivity index (χ0) is 32.9. The summed E-state index contributed by atoms with van der Waals surface area (Å²) in [4.78, 5) is 21.1. The van der Waals surface area contributed by atoms with E-state index < -0.39 is 29.7 Å². The molecule has 0 aromatic heterocycles. The van der Waals surface area contributed by atoms with Gasteiger partial charge >= 0.3 is 6.36 Å². The zero-order valence-electron chi connectivity index (χ0n) is 25.5. The van der Waals surface area contributed by atoms with Crippen molar-refractivity contribution in [2.45, 2.75) is 51.6 Å². The van der Waals surface area contributed by atoms with Crippen molar-refractivity contribution in [3.05, 3.63) is 76.3 Å². The van der Waals surface area contributed by atoms with E-state index in [2.05, 4.69) is 15.2 Å². The number of rotatable bonds is 12. The number of nitrogens with zero attached hydrogens (tertiary/aromatic N) is 2. The summed E-state index contributed by atoms with van der Waals surface area (Å²) in [5, 5.41) is 17.7. The van der Waals surface area contributed by atoms with Gasteiger partial charge in [-0.1, -0.05) is 28.9 Å². The molecule has 1 unspecified atom stereocenters. The highest BCUT2D eigenvalue weighted by Gasteiger charge is 2.35. The van der Waals surface area contributed by atoms with Crippen molar-refractivity contribution >= 4 is 34.6 Å². The Kier molecular flexibility index (Phi) is 10.4. The number of alkyl halides is 3. The number of hydrogen-bond acceptors (Lipinski definition) is 8. The van der Waals surface area contributed by atoms with Crippen LogP contribution < -0.4 is 24.4 Å². The highest BCUT2D eigenvalue weighted by molar-refractivity contribution is 6.30. The SMILES string of the molecule is COc1cc(NC(C(=O)N2CCc3ccc(OC(F)(F)F)cc32)c2ccc(Cl)cc2OC)cc(C(C)=NOCCC(C)(C)O)c1. The van der Waals surface area contributed by atoms with Crippen LogP contribution in [-0.2, 0) is 16.1 Å². The van der Waals surface area contributed by atoms with Crippen molar-refractivity contribution in [1.29, 1.82) is 0 Å². The van der Waals surface area contributed by atoms with Crippen LogP contribution in [0, 0.1) is 0 Å². The van der Waals surface area contributed by atoms with E-state index in [4.69, 9.17) is 25.9 Å². The molecule has 1 heterocycles. The van der Waals surface area contributed by atoms with Gasteiger partial charge in [0, 0.05) is 46.9 Å². The monoisotopic (exact) mass is 649 g/mol. The molecule has 1 aliphatic rings. The van der Waals surface area contributed by atoms with Gasteiger partial charge in [0.15, 0.2) is 0 Å². The molecule has 2 N–H and O–H groups in total. The van der Waals surface area contributed by atoms with E-state index in [-0.39, 0.29) is 13.2 Å². The Morgan fingerprint density at radius 3 is 2.49 bits per heavy atom. The first-order valence-corrected chi connectivity index (χ1v) is 14.4. The summed E-state index contributed by atoms with van der Waals surface area (Å²) in [6.45, 7) is 5.55. The predicted molar refractivity (Wildman–Crippen MR) is 166 cm³/mol. The predicted octanol–water partition coefficient (Wildman–Crippen LogP) is 6.90. The van der Waals surface area contributed by atoms with E-state index in [1.54, 1.807) is 57.2 Å². The molecule has 1 aliphatic heterocycles. The molecule has 9 nitrogen and oxygen atoms in total. The molecular weight excluding hydrogens is 615 g/mol. The molecule has 0 saturated heterocycles. The highest BCUT2D eigenvalue weighted by atomic mass is 35.5. The van der Waals surface area contributed by atoms with Crippen molar-refractivity contribution in [1.82, 2.24) is 0 Å². The lowest BCUT2D eigenvalue weighted by Crippen LogP contribution is -2.37. The fourth-order valence-electron chi connectivity index (χ4n) is 4.80. The van der Waals surface area contributed by atoms with E-state index in [1.165, 1.54) is 37.3 Å². The van der Waals surface area contributed by atoms with E-state index >= 15 is 0 Å². The van der Waals surface area contributed by atoms with Crippen LogP contribution in [0.15, 0.2) is 59.8 Å². The second kappa shape index (κ2) is 13.9. The molecule has 0 saturated carbocycles. The Labute approximate surface area is 264 Å². The lowest BCUT2D eigenvalue weighted by Gasteiger charge is -2.27. The normalized spacial score (nSPS) is 14.1. The van der Waals surface area contributed by atoms with E-state index in [0.717, 1.165) is 0 Å². The molecule has 13 heteroatoms. The summed E-state index contributed by atoms with van der Waals surface area (Å²) >= 11 is 6.22. The van der Waals surface area contributed by atoms with Gasteiger partial charge in [-0.3, -0.25) is 4.79 Å². The van der Waals surface area contributed by atoms with Gasteiger partial charge in [0.25, 0.3) is 5.91 Å². The van der Waals surface area contributed by atoms with Crippen LogP contribution in [0.4, 0.5) is 24.5 Å². The summed E-state index contributed by atoms with van der Waals surface area (Å²) in [7, 11) is 2.95. The first-order chi connectivity index (χ1) is 21.2. The quantitative estimate of drug-likeness (QED) is 0.125. The number of amides is 1. The Morgan fingerprint density at radius 1 is 1.07 bits per heavy atom. The maximum absolute atomic E-state index is 14.3. The number of hydrogen-bond donors (Lipinski definition) is 2. The Morgan fingerprint density at radius 2 is 1.82 bits per heavy atom. The number of halogens is 4. The Hall–Kier alpha value is -4.16. The van der Waals surface area contributed by atoms with Gasteiger partial charge in [-0.15, -0.1) is 13.2 Å². The van der Waals surface area contributed by atoms with Crippen molar-refractivity contribution < 1.29 is 42.1 Å². The molecule has 0 radical (unpaired) electrons. The smallest absolute Gasteiger partial charge is 0.497 e. The van der Waals surface area contributed by atoms with Crippen molar-refractivity contribution in [3.63, 3.8) is 0 Å². The summed E-state index contributed by atoms with van der Waals surface area (Å²) in [5.74, 6) is -0.0616. The molecule has 3 aromatic carbocycles. The molecule has 0 fully saturated rings. The average Bonchev–Trinajstić information content (AvgIpc) is 3.39. The van der Waals surface area contributed by atoms with Crippen LogP contribution >= 0.6 is 11.6 Å². The standard InChI is InChI=1S/C32H35ClF3N3O6/c1-19(38-44-13-11-31(2,3)41)21-14-23(17-25(15-21)42-4)37-29(26-9-7-22(33)16-28(26)43-5)30(40)39-12-10-20-6-8-24(18-27(20)39)45-32(34,35)36/h6-9,14-18,29,37,41H,10-13H2,1-5H3. The Bertz CT molecular complexity index is 1560. The zero-order valence-corrected chi connectivity index (χ0v) is 26.3. The molecule has 4 rings (SSSR count). The average molecular weight is 650 g/mol. The third kappa shape index (κ3) is 8.95. The third-order valence-electron chi connectivity index (χ3n) is 7.08. The van der Waals surface area contributed by atoms with Gasteiger partial charge < -0.3 is 34.4 Å². The van der Waals surface area contributed by atoms with Crippen LogP contribution in [0.25, 0.3) is 0 Å². The molecule has 1 atom stereocenters. The van der Waals surface area contributed by atoms with Gasteiger partial charge in [0.1, 0.15) is 29.9 Å².